The van der Waals surface area contributed by atoms with Crippen LogP contribution in [0, 0.1) is 13.8 Å². The number of nitrogens with zero attached hydrogens (tertiary/aromatic N) is 2. The van der Waals surface area contributed by atoms with Crippen LogP contribution < -0.4 is 5.32 Å². The molecule has 0 aromatic carbocycles. The second-order valence-electron chi connectivity index (χ2n) is 5.12. The van der Waals surface area contributed by atoms with Crippen LogP contribution in [0.4, 0.5) is 0 Å². The lowest BCUT2D eigenvalue weighted by atomic mass is 10.0. The lowest BCUT2D eigenvalue weighted by Crippen LogP contribution is -2.24. The molecular weight excluding hydrogens is 226 g/mol. The summed E-state index contributed by atoms with van der Waals surface area (Å²) in [5.41, 5.74) is 2.97. The molecule has 0 saturated carbocycles. The van der Waals surface area contributed by atoms with Crippen molar-refractivity contribution in [3.63, 3.8) is 0 Å². The topological polar surface area (TPSA) is 47.0 Å². The standard InChI is InChI=1S/C14H25N3O/c1-10-12(8-7-9-15-5)11(2)17-13(16-10)14(3,4)18-6/h15H,7-9H2,1-6H3. The maximum atomic E-state index is 5.44. The first kappa shape index (κ1) is 15.1. The van der Waals surface area contributed by atoms with E-state index in [0.29, 0.717) is 0 Å². The minimum atomic E-state index is -0.432. The monoisotopic (exact) mass is 251 g/mol. The molecule has 4 heteroatoms. The first-order valence-electron chi connectivity index (χ1n) is 6.46. The van der Waals surface area contributed by atoms with E-state index in [0.717, 1.165) is 36.6 Å². The summed E-state index contributed by atoms with van der Waals surface area (Å²) in [6, 6.07) is 0. The Balaban J connectivity index is 2.97. The fraction of sp³-hybridized carbons (Fsp3) is 0.714. The molecule has 0 spiro atoms. The van der Waals surface area contributed by atoms with E-state index in [1.807, 2.05) is 20.9 Å². The van der Waals surface area contributed by atoms with Crippen LogP contribution in [0.25, 0.3) is 0 Å². The second-order valence-corrected chi connectivity index (χ2v) is 5.12. The predicted molar refractivity (Wildman–Crippen MR) is 73.8 cm³/mol. The summed E-state index contributed by atoms with van der Waals surface area (Å²) in [6.07, 6.45) is 2.13. The molecule has 0 unspecified atom stereocenters. The summed E-state index contributed by atoms with van der Waals surface area (Å²) < 4.78 is 5.44. The van der Waals surface area contributed by atoms with Crippen LogP contribution in [0.15, 0.2) is 0 Å². The zero-order valence-electron chi connectivity index (χ0n) is 12.4. The zero-order chi connectivity index (χ0) is 13.8. The third kappa shape index (κ3) is 3.50. The van der Waals surface area contributed by atoms with E-state index in [2.05, 4.69) is 29.1 Å². The molecule has 18 heavy (non-hydrogen) atoms. The Bertz CT molecular complexity index is 379. The highest BCUT2D eigenvalue weighted by atomic mass is 16.5. The van der Waals surface area contributed by atoms with Crippen molar-refractivity contribution in [2.45, 2.75) is 46.1 Å². The van der Waals surface area contributed by atoms with E-state index < -0.39 is 5.60 Å². The first-order chi connectivity index (χ1) is 8.42. The number of aryl methyl sites for hydroxylation is 2. The van der Waals surface area contributed by atoms with Gasteiger partial charge in [-0.3, -0.25) is 0 Å². The Labute approximate surface area is 110 Å². The van der Waals surface area contributed by atoms with Crippen LogP contribution in [0.2, 0.25) is 0 Å². The van der Waals surface area contributed by atoms with Crippen LogP contribution in [0.1, 0.15) is 43.0 Å². The summed E-state index contributed by atoms with van der Waals surface area (Å²) >= 11 is 0. The number of nitrogens with one attached hydrogen (secondary N) is 1. The zero-order valence-corrected chi connectivity index (χ0v) is 12.4. The van der Waals surface area contributed by atoms with Crippen molar-refractivity contribution in [3.8, 4) is 0 Å². The van der Waals surface area contributed by atoms with Gasteiger partial charge >= 0.3 is 0 Å². The number of hydrogen-bond acceptors (Lipinski definition) is 4. The first-order valence-corrected chi connectivity index (χ1v) is 6.46. The number of ether oxygens (including phenoxy) is 1. The van der Waals surface area contributed by atoms with E-state index in [-0.39, 0.29) is 0 Å². The van der Waals surface area contributed by atoms with Crippen LogP contribution in [0.3, 0.4) is 0 Å². The molecule has 1 rings (SSSR count). The molecule has 0 aliphatic carbocycles. The number of rotatable bonds is 6. The fourth-order valence-electron chi connectivity index (χ4n) is 1.90. The Morgan fingerprint density at radius 1 is 1.17 bits per heavy atom. The van der Waals surface area contributed by atoms with Crippen molar-refractivity contribution in [1.29, 1.82) is 0 Å². The minimum Gasteiger partial charge on any atom is -0.371 e. The summed E-state index contributed by atoms with van der Waals surface area (Å²) in [4.78, 5) is 9.20. The maximum Gasteiger partial charge on any atom is 0.160 e. The van der Waals surface area contributed by atoms with Gasteiger partial charge in [0.15, 0.2) is 5.82 Å². The van der Waals surface area contributed by atoms with E-state index in [4.69, 9.17) is 4.74 Å². The molecule has 0 radical (unpaired) electrons. The smallest absolute Gasteiger partial charge is 0.160 e. The number of methoxy groups -OCH3 is 1. The van der Waals surface area contributed by atoms with Crippen molar-refractivity contribution in [2.75, 3.05) is 20.7 Å². The van der Waals surface area contributed by atoms with Gasteiger partial charge in [0, 0.05) is 18.5 Å². The van der Waals surface area contributed by atoms with Crippen molar-refractivity contribution < 1.29 is 4.74 Å². The normalized spacial score (nSPS) is 11.9. The average molecular weight is 251 g/mol. The Kier molecular flexibility index (Phi) is 5.23. The van der Waals surface area contributed by atoms with E-state index >= 15 is 0 Å². The lowest BCUT2D eigenvalue weighted by molar-refractivity contribution is 0.0111. The van der Waals surface area contributed by atoms with E-state index in [1.54, 1.807) is 7.11 Å². The van der Waals surface area contributed by atoms with E-state index in [1.165, 1.54) is 5.56 Å². The minimum absolute atomic E-state index is 0.432. The summed E-state index contributed by atoms with van der Waals surface area (Å²) in [6.45, 7) is 9.10. The summed E-state index contributed by atoms with van der Waals surface area (Å²) in [5.74, 6) is 0.761. The van der Waals surface area contributed by atoms with Crippen LogP contribution >= 0.6 is 0 Å². The molecule has 0 bridgehead atoms. The van der Waals surface area contributed by atoms with Gasteiger partial charge in [-0.05, 0) is 59.7 Å². The average Bonchev–Trinajstić information content (AvgIpc) is 2.32. The summed E-state index contributed by atoms with van der Waals surface area (Å²) in [7, 11) is 3.66. The molecule has 0 amide bonds. The third-order valence-corrected chi connectivity index (χ3v) is 3.32. The number of aromatic nitrogens is 2. The molecule has 4 nitrogen and oxygen atoms in total. The number of hydrogen-bond donors (Lipinski definition) is 1. The highest BCUT2D eigenvalue weighted by Gasteiger charge is 2.24. The highest BCUT2D eigenvalue weighted by molar-refractivity contribution is 5.25. The Morgan fingerprint density at radius 2 is 1.72 bits per heavy atom. The summed E-state index contributed by atoms with van der Waals surface area (Å²) in [5, 5.41) is 3.16. The molecular formula is C14H25N3O. The molecule has 0 aliphatic heterocycles. The quantitative estimate of drug-likeness (QED) is 0.787. The SMILES string of the molecule is CNCCCc1c(C)nc(C(C)(C)OC)nc1C. The molecule has 0 aliphatic rings. The third-order valence-electron chi connectivity index (χ3n) is 3.32. The molecule has 1 aromatic rings. The fourth-order valence-corrected chi connectivity index (χ4v) is 1.90. The Morgan fingerprint density at radius 3 is 2.17 bits per heavy atom. The van der Waals surface area contributed by atoms with Crippen LogP contribution in [0.5, 0.6) is 0 Å². The Hall–Kier alpha value is -1.00. The van der Waals surface area contributed by atoms with Crippen molar-refractivity contribution in [2.24, 2.45) is 0 Å². The molecule has 0 saturated heterocycles. The van der Waals surface area contributed by atoms with Gasteiger partial charge in [-0.1, -0.05) is 0 Å². The van der Waals surface area contributed by atoms with Gasteiger partial charge in [-0.15, -0.1) is 0 Å². The van der Waals surface area contributed by atoms with Gasteiger partial charge in [0.2, 0.25) is 0 Å². The van der Waals surface area contributed by atoms with Crippen LogP contribution in [-0.4, -0.2) is 30.7 Å². The molecule has 1 heterocycles. The predicted octanol–water partition coefficient (Wildman–Crippen LogP) is 2.13. The largest absolute Gasteiger partial charge is 0.371 e. The highest BCUT2D eigenvalue weighted by Crippen LogP contribution is 2.22. The van der Waals surface area contributed by atoms with Crippen molar-refractivity contribution >= 4 is 0 Å². The second kappa shape index (κ2) is 6.25. The molecule has 0 atom stereocenters. The van der Waals surface area contributed by atoms with Crippen molar-refractivity contribution in [3.05, 3.63) is 22.8 Å². The lowest BCUT2D eigenvalue weighted by Gasteiger charge is -2.23. The maximum absolute atomic E-state index is 5.44. The van der Waals surface area contributed by atoms with Crippen LogP contribution in [-0.2, 0) is 16.8 Å². The van der Waals surface area contributed by atoms with Gasteiger partial charge in [-0.2, -0.15) is 0 Å². The van der Waals surface area contributed by atoms with Gasteiger partial charge in [0.1, 0.15) is 5.60 Å². The molecule has 1 N–H and O–H groups in total. The van der Waals surface area contributed by atoms with Gasteiger partial charge in [-0.25, -0.2) is 9.97 Å². The van der Waals surface area contributed by atoms with Gasteiger partial charge in [0.05, 0.1) is 0 Å². The van der Waals surface area contributed by atoms with Gasteiger partial charge < -0.3 is 10.1 Å². The molecule has 0 fully saturated rings. The van der Waals surface area contributed by atoms with Gasteiger partial charge in [0.25, 0.3) is 0 Å². The van der Waals surface area contributed by atoms with E-state index in [9.17, 15) is 0 Å². The molecule has 1 aromatic heterocycles. The van der Waals surface area contributed by atoms with Crippen molar-refractivity contribution in [1.82, 2.24) is 15.3 Å². The molecule has 102 valence electrons.